The van der Waals surface area contributed by atoms with E-state index >= 15 is 0 Å². The molecule has 102 valence electrons. The van der Waals surface area contributed by atoms with Crippen LogP contribution in [0.5, 0.6) is 0 Å². The van der Waals surface area contributed by atoms with Gasteiger partial charge < -0.3 is 4.90 Å². The number of likely N-dealkylation sites (N-methyl/N-ethyl adjacent to an activating group) is 1. The highest BCUT2D eigenvalue weighted by Crippen LogP contribution is 2.18. The second kappa shape index (κ2) is 6.31. The van der Waals surface area contributed by atoms with Crippen molar-refractivity contribution in [1.82, 2.24) is 9.62 Å². The molecule has 0 heterocycles. The Labute approximate surface area is 110 Å². The van der Waals surface area contributed by atoms with Crippen LogP contribution in [0.2, 0.25) is 0 Å². The van der Waals surface area contributed by atoms with Crippen LogP contribution in [0, 0.1) is 0 Å². The number of nitrogens with one attached hydrogen (secondary N) is 1. The Kier molecular flexibility index (Phi) is 5.31. The molecule has 0 unspecified atom stereocenters. The van der Waals surface area contributed by atoms with E-state index in [-0.39, 0.29) is 0 Å². The summed E-state index contributed by atoms with van der Waals surface area (Å²) in [5.74, 6) is 0.321. The van der Waals surface area contributed by atoms with Crippen LogP contribution in [-0.4, -0.2) is 40.5 Å². The summed E-state index contributed by atoms with van der Waals surface area (Å²) in [5.41, 5.74) is 1.03. The van der Waals surface area contributed by atoms with E-state index in [4.69, 9.17) is 0 Å². The fourth-order valence-electron chi connectivity index (χ4n) is 1.53. The Bertz CT molecular complexity index is 482. The number of nitrogens with zero attached hydrogens (tertiary/aromatic N) is 1. The molecular formula is C13H22N2O2S. The van der Waals surface area contributed by atoms with E-state index in [1.54, 1.807) is 18.2 Å². The summed E-state index contributed by atoms with van der Waals surface area (Å²) >= 11 is 0. The predicted molar refractivity (Wildman–Crippen MR) is 74.3 cm³/mol. The summed E-state index contributed by atoms with van der Waals surface area (Å²) in [6, 6.07) is 7.10. The van der Waals surface area contributed by atoms with Crippen molar-refractivity contribution >= 4 is 10.0 Å². The monoisotopic (exact) mass is 270 g/mol. The average molecular weight is 270 g/mol. The minimum absolute atomic E-state index is 0.321. The van der Waals surface area contributed by atoms with Crippen molar-refractivity contribution in [3.05, 3.63) is 29.8 Å². The maximum absolute atomic E-state index is 12.1. The lowest BCUT2D eigenvalue weighted by atomic mass is 10.0. The van der Waals surface area contributed by atoms with Crippen molar-refractivity contribution in [2.24, 2.45) is 0 Å². The summed E-state index contributed by atoms with van der Waals surface area (Å²) in [5, 5.41) is 0. The topological polar surface area (TPSA) is 49.4 Å². The summed E-state index contributed by atoms with van der Waals surface area (Å²) < 4.78 is 26.7. The van der Waals surface area contributed by atoms with E-state index in [1.807, 2.05) is 38.9 Å². The molecule has 0 aliphatic carbocycles. The largest absolute Gasteiger partial charge is 0.308 e. The summed E-state index contributed by atoms with van der Waals surface area (Å²) in [6.07, 6.45) is 0. The van der Waals surface area contributed by atoms with Crippen LogP contribution >= 0.6 is 0 Å². The minimum Gasteiger partial charge on any atom is -0.308 e. The van der Waals surface area contributed by atoms with E-state index in [1.165, 1.54) is 0 Å². The third-order valence-electron chi connectivity index (χ3n) is 2.69. The van der Waals surface area contributed by atoms with Gasteiger partial charge in [-0.15, -0.1) is 0 Å². The SMILES string of the molecule is CC(C)c1cccc(S(=O)(=O)NCCN(C)C)c1. The molecule has 0 saturated heterocycles. The molecule has 0 amide bonds. The van der Waals surface area contributed by atoms with Crippen molar-refractivity contribution in [1.29, 1.82) is 0 Å². The highest BCUT2D eigenvalue weighted by molar-refractivity contribution is 7.89. The number of hydrogen-bond acceptors (Lipinski definition) is 3. The molecule has 0 atom stereocenters. The third-order valence-corrected chi connectivity index (χ3v) is 4.14. The number of rotatable bonds is 6. The van der Waals surface area contributed by atoms with Gasteiger partial charge in [0.15, 0.2) is 0 Å². The molecule has 5 heteroatoms. The molecule has 0 aromatic heterocycles. The van der Waals surface area contributed by atoms with Crippen LogP contribution < -0.4 is 4.72 Å². The van der Waals surface area contributed by atoms with Crippen LogP contribution in [0.4, 0.5) is 0 Å². The van der Waals surface area contributed by atoms with Gasteiger partial charge >= 0.3 is 0 Å². The van der Waals surface area contributed by atoms with E-state index in [9.17, 15) is 8.42 Å². The Balaban J connectivity index is 2.81. The van der Waals surface area contributed by atoms with Gasteiger partial charge in [-0.05, 0) is 37.7 Å². The van der Waals surface area contributed by atoms with Gasteiger partial charge in [0, 0.05) is 13.1 Å². The van der Waals surface area contributed by atoms with Gasteiger partial charge in [0.05, 0.1) is 4.90 Å². The first-order valence-corrected chi connectivity index (χ1v) is 7.55. The zero-order chi connectivity index (χ0) is 13.8. The molecule has 1 N–H and O–H groups in total. The van der Waals surface area contributed by atoms with Gasteiger partial charge in [-0.2, -0.15) is 0 Å². The molecule has 0 bridgehead atoms. The highest BCUT2D eigenvalue weighted by Gasteiger charge is 2.14. The smallest absolute Gasteiger partial charge is 0.240 e. The van der Waals surface area contributed by atoms with E-state index in [0.29, 0.717) is 23.9 Å². The molecule has 0 saturated carbocycles. The van der Waals surface area contributed by atoms with E-state index in [0.717, 1.165) is 5.56 Å². The predicted octanol–water partition coefficient (Wildman–Crippen LogP) is 1.65. The Hall–Kier alpha value is -0.910. The first kappa shape index (κ1) is 15.1. The van der Waals surface area contributed by atoms with Gasteiger partial charge in [0.25, 0.3) is 0 Å². The van der Waals surface area contributed by atoms with Gasteiger partial charge in [-0.25, -0.2) is 13.1 Å². The zero-order valence-electron chi connectivity index (χ0n) is 11.5. The lowest BCUT2D eigenvalue weighted by molar-refractivity contribution is 0.412. The third kappa shape index (κ3) is 4.40. The fourth-order valence-corrected chi connectivity index (χ4v) is 2.60. The minimum atomic E-state index is -3.39. The van der Waals surface area contributed by atoms with Gasteiger partial charge in [0.2, 0.25) is 10.0 Å². The van der Waals surface area contributed by atoms with E-state index in [2.05, 4.69) is 4.72 Å². The molecule has 1 aromatic rings. The molecule has 0 aliphatic heterocycles. The Morgan fingerprint density at radius 2 is 1.94 bits per heavy atom. The molecular weight excluding hydrogens is 248 g/mol. The molecule has 0 spiro atoms. The highest BCUT2D eigenvalue weighted by atomic mass is 32.2. The number of benzene rings is 1. The van der Waals surface area contributed by atoms with Crippen molar-refractivity contribution in [2.45, 2.75) is 24.7 Å². The molecule has 0 radical (unpaired) electrons. The maximum atomic E-state index is 12.1. The zero-order valence-corrected chi connectivity index (χ0v) is 12.3. The van der Waals surface area contributed by atoms with Crippen molar-refractivity contribution < 1.29 is 8.42 Å². The Morgan fingerprint density at radius 3 is 2.50 bits per heavy atom. The number of sulfonamides is 1. The second-order valence-corrected chi connectivity index (χ2v) is 6.70. The van der Waals surface area contributed by atoms with Crippen LogP contribution in [-0.2, 0) is 10.0 Å². The molecule has 1 aromatic carbocycles. The normalized spacial score (nSPS) is 12.3. The standard InChI is InChI=1S/C13H22N2O2S/c1-11(2)12-6-5-7-13(10-12)18(16,17)14-8-9-15(3)4/h5-7,10-11,14H,8-9H2,1-4H3. The van der Waals surface area contributed by atoms with Crippen molar-refractivity contribution in [3.8, 4) is 0 Å². The van der Waals surface area contributed by atoms with Crippen LogP contribution in [0.3, 0.4) is 0 Å². The average Bonchev–Trinajstić information content (AvgIpc) is 2.28. The lowest BCUT2D eigenvalue weighted by Crippen LogP contribution is -2.31. The summed E-state index contributed by atoms with van der Waals surface area (Å²) in [6.45, 7) is 5.20. The summed E-state index contributed by atoms with van der Waals surface area (Å²) in [7, 11) is 0.432. The second-order valence-electron chi connectivity index (χ2n) is 4.93. The first-order chi connectivity index (χ1) is 8.33. The quantitative estimate of drug-likeness (QED) is 0.855. The van der Waals surface area contributed by atoms with Crippen molar-refractivity contribution in [3.63, 3.8) is 0 Å². The van der Waals surface area contributed by atoms with Gasteiger partial charge in [-0.1, -0.05) is 26.0 Å². The summed E-state index contributed by atoms with van der Waals surface area (Å²) in [4.78, 5) is 2.28. The Morgan fingerprint density at radius 1 is 1.28 bits per heavy atom. The van der Waals surface area contributed by atoms with Gasteiger partial charge in [-0.3, -0.25) is 0 Å². The molecule has 0 fully saturated rings. The van der Waals surface area contributed by atoms with Crippen LogP contribution in [0.1, 0.15) is 25.3 Å². The fraction of sp³-hybridized carbons (Fsp3) is 0.538. The van der Waals surface area contributed by atoms with E-state index < -0.39 is 10.0 Å². The molecule has 4 nitrogen and oxygen atoms in total. The van der Waals surface area contributed by atoms with Gasteiger partial charge in [0.1, 0.15) is 0 Å². The molecule has 1 rings (SSSR count). The van der Waals surface area contributed by atoms with Crippen LogP contribution in [0.25, 0.3) is 0 Å². The molecule has 0 aliphatic rings. The number of hydrogen-bond donors (Lipinski definition) is 1. The van der Waals surface area contributed by atoms with Crippen molar-refractivity contribution in [2.75, 3.05) is 27.2 Å². The lowest BCUT2D eigenvalue weighted by Gasteiger charge is -2.12. The maximum Gasteiger partial charge on any atom is 0.240 e. The molecule has 18 heavy (non-hydrogen) atoms. The van der Waals surface area contributed by atoms with Crippen LogP contribution in [0.15, 0.2) is 29.2 Å². The first-order valence-electron chi connectivity index (χ1n) is 6.07.